The van der Waals surface area contributed by atoms with E-state index in [2.05, 4.69) is 41.8 Å². The van der Waals surface area contributed by atoms with E-state index in [0.717, 1.165) is 45.4 Å². The van der Waals surface area contributed by atoms with Gasteiger partial charge in [0, 0.05) is 30.7 Å². The average molecular weight is 287 g/mol. The monoisotopic (exact) mass is 287 g/mol. The lowest BCUT2D eigenvalue weighted by Crippen LogP contribution is -2.50. The van der Waals surface area contributed by atoms with Gasteiger partial charge in [-0.15, -0.1) is 0 Å². The first-order chi connectivity index (χ1) is 10.2. The topological polar surface area (TPSA) is 44.4 Å². The van der Waals surface area contributed by atoms with Crippen molar-refractivity contribution in [2.24, 2.45) is 0 Å². The minimum absolute atomic E-state index is 0.0871. The number of carbonyl (C=O) groups is 1. The fraction of sp³-hybridized carbons (Fsp3) is 0.588. The smallest absolute Gasteiger partial charge is 0.224 e. The van der Waals surface area contributed by atoms with Crippen molar-refractivity contribution in [3.05, 3.63) is 29.8 Å². The molecule has 0 aromatic heterocycles. The molecular formula is C17H25N3O. The summed E-state index contributed by atoms with van der Waals surface area (Å²) in [5.74, 6) is 0.291. The number of hydrogen-bond donors (Lipinski definition) is 2. The lowest BCUT2D eigenvalue weighted by Gasteiger charge is -2.39. The Morgan fingerprint density at radius 2 is 2.00 bits per heavy atom. The van der Waals surface area contributed by atoms with Crippen molar-refractivity contribution >= 4 is 11.6 Å². The highest BCUT2D eigenvalue weighted by atomic mass is 16.2. The van der Waals surface area contributed by atoms with Crippen molar-refractivity contribution in [2.45, 2.75) is 38.1 Å². The van der Waals surface area contributed by atoms with E-state index < -0.39 is 0 Å². The van der Waals surface area contributed by atoms with Crippen molar-refractivity contribution in [1.82, 2.24) is 10.2 Å². The number of benzene rings is 1. The van der Waals surface area contributed by atoms with E-state index in [9.17, 15) is 4.79 Å². The minimum atomic E-state index is -0.0871. The lowest BCUT2D eigenvalue weighted by atomic mass is 9.84. The van der Waals surface area contributed by atoms with Crippen LogP contribution in [0.4, 0.5) is 5.69 Å². The van der Waals surface area contributed by atoms with Gasteiger partial charge in [0.1, 0.15) is 0 Å². The van der Waals surface area contributed by atoms with Gasteiger partial charge in [0.25, 0.3) is 0 Å². The molecule has 2 aliphatic rings. The van der Waals surface area contributed by atoms with E-state index in [-0.39, 0.29) is 5.54 Å². The number of fused-ring (bicyclic) bond motifs is 1. The highest BCUT2D eigenvalue weighted by molar-refractivity contribution is 5.78. The maximum Gasteiger partial charge on any atom is 0.224 e. The van der Waals surface area contributed by atoms with Crippen LogP contribution in [0.5, 0.6) is 0 Å². The van der Waals surface area contributed by atoms with Gasteiger partial charge in [0.2, 0.25) is 5.91 Å². The summed E-state index contributed by atoms with van der Waals surface area (Å²) in [5.41, 5.74) is 2.45. The molecule has 2 N–H and O–H groups in total. The Kier molecular flexibility index (Phi) is 4.15. The SMILES string of the molecule is CCN1CCc2ccccc2NC2(CCNCC2)CC1=O. The van der Waals surface area contributed by atoms with Crippen LogP contribution in [0.2, 0.25) is 0 Å². The number of anilines is 1. The summed E-state index contributed by atoms with van der Waals surface area (Å²) >= 11 is 0. The quantitative estimate of drug-likeness (QED) is 0.830. The van der Waals surface area contributed by atoms with E-state index in [4.69, 9.17) is 0 Å². The molecule has 0 aliphatic carbocycles. The van der Waals surface area contributed by atoms with E-state index in [0.29, 0.717) is 12.3 Å². The number of amides is 1. The van der Waals surface area contributed by atoms with Gasteiger partial charge >= 0.3 is 0 Å². The largest absolute Gasteiger partial charge is 0.379 e. The average Bonchev–Trinajstić information content (AvgIpc) is 2.54. The van der Waals surface area contributed by atoms with Crippen LogP contribution in [0.3, 0.4) is 0 Å². The van der Waals surface area contributed by atoms with Gasteiger partial charge in [-0.25, -0.2) is 0 Å². The molecule has 1 saturated heterocycles. The number of para-hydroxylation sites is 1. The maximum atomic E-state index is 12.6. The van der Waals surface area contributed by atoms with Crippen LogP contribution < -0.4 is 10.6 Å². The molecule has 2 heterocycles. The van der Waals surface area contributed by atoms with E-state index in [1.165, 1.54) is 11.3 Å². The molecule has 0 saturated carbocycles. The van der Waals surface area contributed by atoms with Crippen molar-refractivity contribution < 1.29 is 4.79 Å². The third kappa shape index (κ3) is 3.05. The van der Waals surface area contributed by atoms with Gasteiger partial charge in [-0.3, -0.25) is 4.79 Å². The third-order valence-electron chi connectivity index (χ3n) is 4.85. The second-order valence-electron chi connectivity index (χ2n) is 6.21. The normalized spacial score (nSPS) is 22.0. The standard InChI is InChI=1S/C17H25N3O/c1-2-20-12-7-14-5-3-4-6-15(14)19-17(13-16(20)21)8-10-18-11-9-17/h3-6,18-19H,2,7-13H2,1H3. The predicted molar refractivity (Wildman–Crippen MR) is 85.5 cm³/mol. The third-order valence-corrected chi connectivity index (χ3v) is 4.85. The fourth-order valence-electron chi connectivity index (χ4n) is 3.51. The fourth-order valence-corrected chi connectivity index (χ4v) is 3.51. The summed E-state index contributed by atoms with van der Waals surface area (Å²) in [7, 11) is 0. The summed E-state index contributed by atoms with van der Waals surface area (Å²) in [6.45, 7) is 5.66. The molecule has 1 amide bonds. The van der Waals surface area contributed by atoms with Gasteiger partial charge in [0.15, 0.2) is 0 Å². The van der Waals surface area contributed by atoms with Gasteiger partial charge in [-0.05, 0) is 50.9 Å². The zero-order valence-corrected chi connectivity index (χ0v) is 12.8. The van der Waals surface area contributed by atoms with Crippen LogP contribution in [-0.2, 0) is 11.2 Å². The lowest BCUT2D eigenvalue weighted by molar-refractivity contribution is -0.132. The number of nitrogens with zero attached hydrogens (tertiary/aromatic N) is 1. The van der Waals surface area contributed by atoms with E-state index in [1.807, 2.05) is 4.90 Å². The first-order valence-corrected chi connectivity index (χ1v) is 8.07. The van der Waals surface area contributed by atoms with Crippen LogP contribution in [0, 0.1) is 0 Å². The summed E-state index contributed by atoms with van der Waals surface area (Å²) in [6.07, 6.45) is 3.54. The highest BCUT2D eigenvalue weighted by Gasteiger charge is 2.36. The van der Waals surface area contributed by atoms with Crippen molar-refractivity contribution in [3.63, 3.8) is 0 Å². The minimum Gasteiger partial charge on any atom is -0.379 e. The molecule has 2 aliphatic heterocycles. The molecule has 3 rings (SSSR count). The van der Waals surface area contributed by atoms with E-state index >= 15 is 0 Å². The molecule has 1 aromatic rings. The molecule has 4 nitrogen and oxygen atoms in total. The molecule has 0 atom stereocenters. The van der Waals surface area contributed by atoms with Crippen LogP contribution in [0.1, 0.15) is 31.7 Å². The predicted octanol–water partition coefficient (Wildman–Crippen LogP) is 2.02. The zero-order valence-electron chi connectivity index (χ0n) is 12.8. The maximum absolute atomic E-state index is 12.6. The molecule has 114 valence electrons. The molecule has 4 heteroatoms. The Morgan fingerprint density at radius 1 is 1.24 bits per heavy atom. The van der Waals surface area contributed by atoms with Gasteiger partial charge in [-0.2, -0.15) is 0 Å². The Labute approximate surface area is 126 Å². The summed E-state index contributed by atoms with van der Waals surface area (Å²) in [4.78, 5) is 14.6. The zero-order chi connectivity index (χ0) is 14.7. The van der Waals surface area contributed by atoms with Gasteiger partial charge in [0.05, 0.1) is 0 Å². The number of hydrogen-bond acceptors (Lipinski definition) is 3. The number of carbonyl (C=O) groups excluding carboxylic acids is 1. The molecule has 0 unspecified atom stereocenters. The first-order valence-electron chi connectivity index (χ1n) is 8.07. The molecule has 0 radical (unpaired) electrons. The Morgan fingerprint density at radius 3 is 2.76 bits per heavy atom. The molecule has 1 fully saturated rings. The second-order valence-corrected chi connectivity index (χ2v) is 6.21. The second kappa shape index (κ2) is 6.06. The number of piperidine rings is 1. The van der Waals surface area contributed by atoms with E-state index in [1.54, 1.807) is 0 Å². The van der Waals surface area contributed by atoms with Crippen molar-refractivity contribution in [1.29, 1.82) is 0 Å². The van der Waals surface area contributed by atoms with Crippen LogP contribution >= 0.6 is 0 Å². The number of rotatable bonds is 1. The molecular weight excluding hydrogens is 262 g/mol. The molecule has 0 bridgehead atoms. The summed E-state index contributed by atoms with van der Waals surface area (Å²) in [5, 5.41) is 7.15. The van der Waals surface area contributed by atoms with Crippen LogP contribution in [-0.4, -0.2) is 42.5 Å². The number of likely N-dealkylation sites (N-methyl/N-ethyl adjacent to an activating group) is 1. The summed E-state index contributed by atoms with van der Waals surface area (Å²) in [6, 6.07) is 8.51. The van der Waals surface area contributed by atoms with Crippen molar-refractivity contribution in [2.75, 3.05) is 31.5 Å². The Balaban J connectivity index is 1.95. The van der Waals surface area contributed by atoms with Gasteiger partial charge < -0.3 is 15.5 Å². The molecule has 1 spiro atoms. The number of nitrogens with one attached hydrogen (secondary N) is 2. The van der Waals surface area contributed by atoms with Crippen LogP contribution in [0.15, 0.2) is 24.3 Å². The Hall–Kier alpha value is -1.55. The molecule has 1 aromatic carbocycles. The Bertz CT molecular complexity index is 509. The highest BCUT2D eigenvalue weighted by Crippen LogP contribution is 2.31. The summed E-state index contributed by atoms with van der Waals surface area (Å²) < 4.78 is 0. The first kappa shape index (κ1) is 14.4. The van der Waals surface area contributed by atoms with Crippen LogP contribution in [0.25, 0.3) is 0 Å². The molecule has 21 heavy (non-hydrogen) atoms. The van der Waals surface area contributed by atoms with Crippen molar-refractivity contribution in [3.8, 4) is 0 Å². The van der Waals surface area contributed by atoms with Gasteiger partial charge in [-0.1, -0.05) is 18.2 Å².